The van der Waals surface area contributed by atoms with Crippen LogP contribution in [-0.4, -0.2) is 74.1 Å². The van der Waals surface area contributed by atoms with Crippen LogP contribution >= 0.6 is 0 Å². The number of piperazine rings is 1. The zero-order chi connectivity index (χ0) is 22.8. The Morgan fingerprint density at radius 1 is 1.06 bits per heavy atom. The highest BCUT2D eigenvalue weighted by Crippen LogP contribution is 2.21. The van der Waals surface area contributed by atoms with E-state index in [1.807, 2.05) is 31.2 Å². The van der Waals surface area contributed by atoms with E-state index in [0.29, 0.717) is 29.9 Å². The van der Waals surface area contributed by atoms with E-state index in [1.54, 1.807) is 26.0 Å². The van der Waals surface area contributed by atoms with Crippen LogP contribution in [0.4, 0.5) is 5.69 Å². The molecule has 0 N–H and O–H groups in total. The molecule has 2 aromatic heterocycles. The summed E-state index contributed by atoms with van der Waals surface area (Å²) in [6.45, 7) is 6.27. The molecule has 1 fully saturated rings. The molecule has 0 saturated carbocycles. The number of amides is 1. The maximum absolute atomic E-state index is 12.8. The van der Waals surface area contributed by atoms with Crippen LogP contribution in [0.3, 0.4) is 0 Å². The molecule has 1 amide bonds. The van der Waals surface area contributed by atoms with Gasteiger partial charge in [0, 0.05) is 38.9 Å². The molecule has 0 unspecified atom stereocenters. The lowest BCUT2D eigenvalue weighted by Gasteiger charge is -2.36. The van der Waals surface area contributed by atoms with Gasteiger partial charge in [0.25, 0.3) is 5.56 Å². The third kappa shape index (κ3) is 4.18. The highest BCUT2D eigenvalue weighted by atomic mass is 16.5. The number of methoxy groups -OCH3 is 1. The Labute approximate surface area is 185 Å². The molecule has 168 valence electrons. The fourth-order valence-corrected chi connectivity index (χ4v) is 3.75. The van der Waals surface area contributed by atoms with Gasteiger partial charge in [0.1, 0.15) is 12.3 Å². The fraction of sp³-hybridized carbons (Fsp3) is 0.429. The number of aromatic nitrogens is 6. The Morgan fingerprint density at radius 3 is 2.41 bits per heavy atom. The van der Waals surface area contributed by atoms with E-state index in [4.69, 9.17) is 4.74 Å². The minimum Gasteiger partial charge on any atom is -0.497 e. The number of nitrogens with zero attached hydrogens (tertiary/aromatic N) is 8. The molecule has 1 aliphatic rings. The van der Waals surface area contributed by atoms with E-state index >= 15 is 0 Å². The molecule has 0 spiro atoms. The number of hydrogen-bond acceptors (Lipinski definition) is 8. The summed E-state index contributed by atoms with van der Waals surface area (Å²) >= 11 is 0. The van der Waals surface area contributed by atoms with Crippen LogP contribution in [0.1, 0.15) is 11.3 Å². The number of ether oxygens (including phenoxy) is 1. The quantitative estimate of drug-likeness (QED) is 0.563. The first-order chi connectivity index (χ1) is 15.4. The lowest BCUT2D eigenvalue weighted by atomic mass is 10.1. The minimum atomic E-state index is -0.298. The van der Waals surface area contributed by atoms with Crippen LogP contribution in [0.15, 0.2) is 29.1 Å². The number of aryl methyl sites for hydroxylation is 2. The van der Waals surface area contributed by atoms with Crippen LogP contribution in [0.5, 0.6) is 5.75 Å². The molecule has 0 bridgehead atoms. The monoisotopic (exact) mass is 438 g/mol. The summed E-state index contributed by atoms with van der Waals surface area (Å²) in [4.78, 5) is 30.5. The van der Waals surface area contributed by atoms with E-state index < -0.39 is 0 Å². The van der Waals surface area contributed by atoms with Gasteiger partial charge in [-0.15, -0.1) is 10.2 Å². The average molecular weight is 438 g/mol. The van der Waals surface area contributed by atoms with Gasteiger partial charge in [-0.05, 0) is 48.9 Å². The SMILES string of the molecule is COc1ccc(N2CCN(C(=O)Cn3nnc(-c4c(C)c(C)nn(C)c4=O)n3)CC2)cc1. The van der Waals surface area contributed by atoms with Crippen molar-refractivity contribution in [2.24, 2.45) is 7.05 Å². The van der Waals surface area contributed by atoms with Crippen molar-refractivity contribution in [3.8, 4) is 17.1 Å². The summed E-state index contributed by atoms with van der Waals surface area (Å²) in [5.41, 5.74) is 2.57. The zero-order valence-electron chi connectivity index (χ0n) is 18.6. The summed E-state index contributed by atoms with van der Waals surface area (Å²) in [5.74, 6) is 0.932. The molecule has 0 atom stereocenters. The lowest BCUT2D eigenvalue weighted by Crippen LogP contribution is -2.49. The Bertz CT molecular complexity index is 1180. The van der Waals surface area contributed by atoms with E-state index in [0.717, 1.165) is 24.5 Å². The topological polar surface area (TPSA) is 111 Å². The third-order valence-electron chi connectivity index (χ3n) is 5.75. The predicted octanol–water partition coefficient (Wildman–Crippen LogP) is 0.408. The van der Waals surface area contributed by atoms with Gasteiger partial charge < -0.3 is 14.5 Å². The first-order valence-electron chi connectivity index (χ1n) is 10.4. The van der Waals surface area contributed by atoms with E-state index in [2.05, 4.69) is 25.4 Å². The van der Waals surface area contributed by atoms with Crippen LogP contribution in [0.2, 0.25) is 0 Å². The second kappa shape index (κ2) is 8.77. The molecular weight excluding hydrogens is 412 g/mol. The third-order valence-corrected chi connectivity index (χ3v) is 5.75. The standard InChI is InChI=1S/C21H26N8O3/c1-14-15(2)23-26(3)21(31)19(14)20-22-25-29(24-20)13-18(30)28-11-9-27(10-12-28)16-5-7-17(32-4)8-6-16/h5-8H,9-13H2,1-4H3. The van der Waals surface area contributed by atoms with Crippen molar-refractivity contribution in [3.05, 3.63) is 45.9 Å². The van der Waals surface area contributed by atoms with Crippen molar-refractivity contribution in [1.82, 2.24) is 34.9 Å². The van der Waals surface area contributed by atoms with E-state index in [1.165, 1.54) is 9.48 Å². The van der Waals surface area contributed by atoms with Gasteiger partial charge in [-0.25, -0.2) is 4.68 Å². The molecule has 3 heterocycles. The molecule has 3 aromatic rings. The van der Waals surface area contributed by atoms with Crippen LogP contribution in [0, 0.1) is 13.8 Å². The molecule has 0 aliphatic carbocycles. The first kappa shape index (κ1) is 21.5. The Morgan fingerprint density at radius 2 is 1.75 bits per heavy atom. The van der Waals surface area contributed by atoms with Crippen molar-refractivity contribution < 1.29 is 9.53 Å². The van der Waals surface area contributed by atoms with Crippen molar-refractivity contribution in [1.29, 1.82) is 0 Å². The molecule has 1 aromatic carbocycles. The molecule has 0 radical (unpaired) electrons. The number of carbonyl (C=O) groups is 1. The van der Waals surface area contributed by atoms with Gasteiger partial charge in [-0.3, -0.25) is 9.59 Å². The van der Waals surface area contributed by atoms with Crippen LogP contribution in [0.25, 0.3) is 11.4 Å². The molecule has 1 saturated heterocycles. The number of hydrogen-bond donors (Lipinski definition) is 0. The molecule has 11 heteroatoms. The second-order valence-corrected chi connectivity index (χ2v) is 7.72. The van der Waals surface area contributed by atoms with Gasteiger partial charge in [0.05, 0.1) is 18.4 Å². The number of benzene rings is 1. The number of carbonyl (C=O) groups excluding carboxylic acids is 1. The number of rotatable bonds is 5. The van der Waals surface area contributed by atoms with Gasteiger partial charge in [0.15, 0.2) is 0 Å². The summed E-state index contributed by atoms with van der Waals surface area (Å²) in [5, 5.41) is 16.4. The van der Waals surface area contributed by atoms with Gasteiger partial charge >= 0.3 is 0 Å². The summed E-state index contributed by atoms with van der Waals surface area (Å²) in [6.07, 6.45) is 0. The maximum Gasteiger partial charge on any atom is 0.278 e. The minimum absolute atomic E-state index is 0.0288. The summed E-state index contributed by atoms with van der Waals surface area (Å²) in [7, 11) is 3.23. The van der Waals surface area contributed by atoms with E-state index in [9.17, 15) is 9.59 Å². The Kier molecular flexibility index (Phi) is 5.89. The van der Waals surface area contributed by atoms with Crippen LogP contribution < -0.4 is 15.2 Å². The van der Waals surface area contributed by atoms with Gasteiger partial charge in [-0.1, -0.05) is 0 Å². The molecular formula is C21H26N8O3. The fourth-order valence-electron chi connectivity index (χ4n) is 3.75. The molecule has 32 heavy (non-hydrogen) atoms. The largest absolute Gasteiger partial charge is 0.497 e. The van der Waals surface area contributed by atoms with Gasteiger partial charge in [0.2, 0.25) is 11.7 Å². The van der Waals surface area contributed by atoms with Crippen molar-refractivity contribution in [2.75, 3.05) is 38.2 Å². The van der Waals surface area contributed by atoms with Crippen molar-refractivity contribution in [3.63, 3.8) is 0 Å². The molecule has 4 rings (SSSR count). The summed E-state index contributed by atoms with van der Waals surface area (Å²) < 4.78 is 6.46. The molecule has 11 nitrogen and oxygen atoms in total. The number of anilines is 1. The summed E-state index contributed by atoms with van der Waals surface area (Å²) in [6, 6.07) is 7.90. The predicted molar refractivity (Wildman–Crippen MR) is 118 cm³/mol. The molecule has 1 aliphatic heterocycles. The first-order valence-corrected chi connectivity index (χ1v) is 10.4. The van der Waals surface area contributed by atoms with Crippen molar-refractivity contribution in [2.45, 2.75) is 20.4 Å². The Balaban J connectivity index is 1.40. The average Bonchev–Trinajstić information content (AvgIpc) is 3.26. The van der Waals surface area contributed by atoms with Crippen molar-refractivity contribution >= 4 is 11.6 Å². The highest BCUT2D eigenvalue weighted by molar-refractivity contribution is 5.76. The smallest absolute Gasteiger partial charge is 0.278 e. The Hall–Kier alpha value is -3.76. The van der Waals surface area contributed by atoms with E-state index in [-0.39, 0.29) is 23.8 Å². The maximum atomic E-state index is 12.8. The highest BCUT2D eigenvalue weighted by Gasteiger charge is 2.23. The van der Waals surface area contributed by atoms with Crippen LogP contribution in [-0.2, 0) is 18.4 Å². The normalized spacial score (nSPS) is 14.0. The lowest BCUT2D eigenvalue weighted by molar-refractivity contribution is -0.132. The number of tetrazole rings is 1. The van der Waals surface area contributed by atoms with Gasteiger partial charge in [-0.2, -0.15) is 9.90 Å². The zero-order valence-corrected chi connectivity index (χ0v) is 18.6. The second-order valence-electron chi connectivity index (χ2n) is 7.72.